The van der Waals surface area contributed by atoms with E-state index in [0.717, 1.165) is 16.4 Å². The van der Waals surface area contributed by atoms with Crippen LogP contribution in [0.4, 0.5) is 15.6 Å². The number of thioether (sulfide) groups is 1. The first-order valence-corrected chi connectivity index (χ1v) is 9.70. The van der Waals surface area contributed by atoms with Gasteiger partial charge in [-0.3, -0.25) is 5.32 Å². The highest BCUT2D eigenvalue weighted by Gasteiger charge is 2.09. The molecule has 0 spiro atoms. The standard InChI is InChI=1S/C17H18N4O3S2/c1-3-12-8-18-14(24-12)10-25-15-9-19-17(26-15)21-16(22)20-11-5-4-6-13(7-11)23-2/h4-9H,3,10H2,1-2H3,(H2,19,20,21,22). The molecule has 0 radical (unpaired) electrons. The highest BCUT2D eigenvalue weighted by atomic mass is 32.2. The number of ether oxygens (including phenoxy) is 1. The molecule has 0 unspecified atom stereocenters. The monoisotopic (exact) mass is 390 g/mol. The van der Waals surface area contributed by atoms with Gasteiger partial charge >= 0.3 is 6.03 Å². The Morgan fingerprint density at radius 3 is 2.96 bits per heavy atom. The Morgan fingerprint density at radius 2 is 2.19 bits per heavy atom. The van der Waals surface area contributed by atoms with Gasteiger partial charge in [0.15, 0.2) is 5.13 Å². The smallest absolute Gasteiger partial charge is 0.325 e. The van der Waals surface area contributed by atoms with Crippen LogP contribution in [0.5, 0.6) is 5.75 Å². The van der Waals surface area contributed by atoms with Gasteiger partial charge in [0.1, 0.15) is 11.5 Å². The van der Waals surface area contributed by atoms with E-state index in [0.29, 0.717) is 28.2 Å². The fourth-order valence-electron chi connectivity index (χ4n) is 2.06. The number of aromatic nitrogens is 2. The van der Waals surface area contributed by atoms with Crippen molar-refractivity contribution in [2.45, 2.75) is 23.3 Å². The Hall–Kier alpha value is -2.52. The number of hydrogen-bond donors (Lipinski definition) is 2. The van der Waals surface area contributed by atoms with Crippen LogP contribution in [0, 0.1) is 0 Å². The number of anilines is 2. The molecule has 0 saturated carbocycles. The lowest BCUT2D eigenvalue weighted by Gasteiger charge is -2.06. The second kappa shape index (κ2) is 8.72. The van der Waals surface area contributed by atoms with Gasteiger partial charge in [-0.1, -0.05) is 24.3 Å². The number of aryl methyl sites for hydroxylation is 1. The number of carbonyl (C=O) groups is 1. The summed E-state index contributed by atoms with van der Waals surface area (Å²) in [7, 11) is 1.58. The summed E-state index contributed by atoms with van der Waals surface area (Å²) in [5.74, 6) is 2.86. The van der Waals surface area contributed by atoms with Crippen molar-refractivity contribution in [3.63, 3.8) is 0 Å². The van der Waals surface area contributed by atoms with E-state index in [1.807, 2.05) is 13.0 Å². The molecule has 2 heterocycles. The van der Waals surface area contributed by atoms with Gasteiger partial charge in [-0.15, -0.1) is 11.8 Å². The number of hydrogen-bond acceptors (Lipinski definition) is 7. The quantitative estimate of drug-likeness (QED) is 0.571. The minimum Gasteiger partial charge on any atom is -0.497 e. The van der Waals surface area contributed by atoms with Gasteiger partial charge in [-0.25, -0.2) is 14.8 Å². The lowest BCUT2D eigenvalue weighted by Crippen LogP contribution is -2.19. The summed E-state index contributed by atoms with van der Waals surface area (Å²) in [4.78, 5) is 20.5. The van der Waals surface area contributed by atoms with E-state index in [1.54, 1.807) is 49.5 Å². The largest absolute Gasteiger partial charge is 0.497 e. The van der Waals surface area contributed by atoms with E-state index in [2.05, 4.69) is 20.6 Å². The molecule has 7 nitrogen and oxygen atoms in total. The summed E-state index contributed by atoms with van der Waals surface area (Å²) in [5.41, 5.74) is 0.642. The molecule has 9 heteroatoms. The second-order valence-electron chi connectivity index (χ2n) is 5.16. The number of thiazole rings is 1. The van der Waals surface area contributed by atoms with Crippen LogP contribution < -0.4 is 15.4 Å². The Kier molecular flexibility index (Phi) is 6.13. The molecule has 3 aromatic rings. The van der Waals surface area contributed by atoms with E-state index in [-0.39, 0.29) is 6.03 Å². The van der Waals surface area contributed by atoms with Crippen LogP contribution in [-0.2, 0) is 12.2 Å². The zero-order valence-electron chi connectivity index (χ0n) is 14.3. The van der Waals surface area contributed by atoms with Crippen molar-refractivity contribution in [1.29, 1.82) is 0 Å². The average molecular weight is 390 g/mol. The van der Waals surface area contributed by atoms with Gasteiger partial charge < -0.3 is 14.5 Å². The molecule has 26 heavy (non-hydrogen) atoms. The summed E-state index contributed by atoms with van der Waals surface area (Å²) in [6, 6.07) is 6.78. The van der Waals surface area contributed by atoms with Crippen LogP contribution in [0.2, 0.25) is 0 Å². The SMILES string of the molecule is CCc1cnc(CSc2cnc(NC(=O)Nc3cccc(OC)c3)s2)o1. The zero-order chi connectivity index (χ0) is 18.4. The van der Waals surface area contributed by atoms with Gasteiger partial charge in [0.2, 0.25) is 5.89 Å². The Bertz CT molecular complexity index is 878. The Labute approximate surface area is 159 Å². The normalized spacial score (nSPS) is 10.5. The van der Waals surface area contributed by atoms with Crippen molar-refractivity contribution in [1.82, 2.24) is 9.97 Å². The van der Waals surface area contributed by atoms with Crippen molar-refractivity contribution in [3.8, 4) is 5.75 Å². The van der Waals surface area contributed by atoms with Crippen molar-refractivity contribution >= 4 is 39.9 Å². The number of rotatable bonds is 7. The van der Waals surface area contributed by atoms with Gasteiger partial charge in [-0.05, 0) is 12.1 Å². The first-order valence-electron chi connectivity index (χ1n) is 7.90. The number of benzene rings is 1. The summed E-state index contributed by atoms with van der Waals surface area (Å²) >= 11 is 2.96. The molecule has 3 rings (SSSR count). The average Bonchev–Trinajstić information content (AvgIpc) is 3.29. The molecule has 2 amide bonds. The maximum Gasteiger partial charge on any atom is 0.325 e. The number of amides is 2. The molecule has 2 N–H and O–H groups in total. The fourth-order valence-corrected chi connectivity index (χ4v) is 3.78. The summed E-state index contributed by atoms with van der Waals surface area (Å²) in [6.45, 7) is 2.02. The minimum atomic E-state index is -0.357. The van der Waals surface area contributed by atoms with Crippen LogP contribution in [-0.4, -0.2) is 23.1 Å². The number of nitrogens with one attached hydrogen (secondary N) is 2. The highest BCUT2D eigenvalue weighted by molar-refractivity contribution is 8.00. The van der Waals surface area contributed by atoms with Crippen LogP contribution >= 0.6 is 23.1 Å². The van der Waals surface area contributed by atoms with Gasteiger partial charge in [0.05, 0.1) is 29.5 Å². The fraction of sp³-hybridized carbons (Fsp3) is 0.235. The molecule has 0 atom stereocenters. The lowest BCUT2D eigenvalue weighted by molar-refractivity contribution is 0.262. The number of methoxy groups -OCH3 is 1. The molecule has 2 aromatic heterocycles. The maximum atomic E-state index is 12.1. The zero-order valence-corrected chi connectivity index (χ0v) is 15.9. The predicted molar refractivity (Wildman–Crippen MR) is 103 cm³/mol. The van der Waals surface area contributed by atoms with Crippen LogP contribution in [0.3, 0.4) is 0 Å². The molecule has 1 aromatic carbocycles. The number of oxazole rings is 1. The lowest BCUT2D eigenvalue weighted by atomic mass is 10.3. The molecule has 0 saturated heterocycles. The van der Waals surface area contributed by atoms with E-state index in [1.165, 1.54) is 11.3 Å². The topological polar surface area (TPSA) is 89.3 Å². The molecule has 0 aliphatic carbocycles. The van der Waals surface area contributed by atoms with Gasteiger partial charge in [0, 0.05) is 18.2 Å². The van der Waals surface area contributed by atoms with E-state index in [9.17, 15) is 4.79 Å². The summed E-state index contributed by atoms with van der Waals surface area (Å²) in [5, 5.41) is 5.99. The number of nitrogens with zero attached hydrogens (tertiary/aromatic N) is 2. The second-order valence-corrected chi connectivity index (χ2v) is 7.46. The minimum absolute atomic E-state index is 0.357. The van der Waals surface area contributed by atoms with Gasteiger partial charge in [-0.2, -0.15) is 0 Å². The molecule has 0 aliphatic rings. The molecular formula is C17H18N4O3S2. The van der Waals surface area contributed by atoms with E-state index < -0.39 is 0 Å². The maximum absolute atomic E-state index is 12.1. The Balaban J connectivity index is 1.51. The highest BCUT2D eigenvalue weighted by Crippen LogP contribution is 2.30. The summed E-state index contributed by atoms with van der Waals surface area (Å²) in [6.07, 6.45) is 4.30. The van der Waals surface area contributed by atoms with Crippen molar-refractivity contribution in [2.75, 3.05) is 17.7 Å². The van der Waals surface area contributed by atoms with Crippen LogP contribution in [0.1, 0.15) is 18.6 Å². The van der Waals surface area contributed by atoms with E-state index >= 15 is 0 Å². The number of urea groups is 1. The molecule has 136 valence electrons. The van der Waals surface area contributed by atoms with Crippen LogP contribution in [0.25, 0.3) is 0 Å². The molecular weight excluding hydrogens is 372 g/mol. The number of carbonyl (C=O) groups excluding carboxylic acids is 1. The van der Waals surface area contributed by atoms with Crippen molar-refractivity contribution in [3.05, 3.63) is 48.3 Å². The predicted octanol–water partition coefficient (Wildman–Crippen LogP) is 4.64. The third-order valence-electron chi connectivity index (χ3n) is 3.32. The first kappa shape index (κ1) is 18.3. The molecule has 0 aliphatic heterocycles. The molecule has 0 fully saturated rings. The van der Waals surface area contributed by atoms with Crippen LogP contribution in [0.15, 0.2) is 45.3 Å². The van der Waals surface area contributed by atoms with E-state index in [4.69, 9.17) is 9.15 Å². The Morgan fingerprint density at radius 1 is 1.31 bits per heavy atom. The molecule has 0 bridgehead atoms. The van der Waals surface area contributed by atoms with Crippen molar-refractivity contribution < 1.29 is 13.9 Å². The first-order chi connectivity index (χ1) is 12.7. The van der Waals surface area contributed by atoms with Crippen molar-refractivity contribution in [2.24, 2.45) is 0 Å². The van der Waals surface area contributed by atoms with Gasteiger partial charge in [0.25, 0.3) is 0 Å². The third-order valence-corrected chi connectivity index (χ3v) is 5.41. The third kappa shape index (κ3) is 4.99. The summed E-state index contributed by atoms with van der Waals surface area (Å²) < 4.78 is 11.7.